The standard InChI is InChI=1S/C21H22F4N2O2/c1-28-19-10-15(13-3-2-4-14(9-13)21(23,24)25)16(22)11-18(19)27-7-8-29-20-12-26-6-5-17(20)27/h2-4,9-11,17,20,26H,5-8,12H2,1H3. The summed E-state index contributed by atoms with van der Waals surface area (Å²) in [6, 6.07) is 7.60. The Hall–Kier alpha value is -2.32. The van der Waals surface area contributed by atoms with Crippen molar-refractivity contribution < 1.29 is 27.0 Å². The Balaban J connectivity index is 1.73. The first-order valence-corrected chi connectivity index (χ1v) is 9.52. The highest BCUT2D eigenvalue weighted by molar-refractivity contribution is 5.73. The second-order valence-electron chi connectivity index (χ2n) is 7.25. The van der Waals surface area contributed by atoms with Crippen molar-refractivity contribution in [2.24, 2.45) is 0 Å². The van der Waals surface area contributed by atoms with Crippen LogP contribution in [0.5, 0.6) is 5.75 Å². The van der Waals surface area contributed by atoms with Crippen molar-refractivity contribution in [3.05, 3.63) is 47.8 Å². The number of benzene rings is 2. The molecular formula is C21H22F4N2O2. The van der Waals surface area contributed by atoms with Crippen LogP contribution >= 0.6 is 0 Å². The smallest absolute Gasteiger partial charge is 0.416 e. The molecule has 1 N–H and O–H groups in total. The van der Waals surface area contributed by atoms with Crippen LogP contribution in [0.15, 0.2) is 36.4 Å². The number of halogens is 4. The Kier molecular flexibility index (Phi) is 5.40. The van der Waals surface area contributed by atoms with Crippen molar-refractivity contribution in [3.63, 3.8) is 0 Å². The zero-order chi connectivity index (χ0) is 20.6. The Morgan fingerprint density at radius 3 is 2.79 bits per heavy atom. The van der Waals surface area contributed by atoms with Gasteiger partial charge in [-0.2, -0.15) is 13.2 Å². The molecule has 156 valence electrons. The molecule has 2 atom stereocenters. The molecule has 0 saturated carbocycles. The molecule has 0 spiro atoms. The minimum Gasteiger partial charge on any atom is -0.495 e. The maximum absolute atomic E-state index is 15.1. The third kappa shape index (κ3) is 3.91. The quantitative estimate of drug-likeness (QED) is 0.773. The first kappa shape index (κ1) is 20.0. The van der Waals surface area contributed by atoms with E-state index in [0.29, 0.717) is 24.6 Å². The van der Waals surface area contributed by atoms with E-state index in [1.807, 2.05) is 0 Å². The topological polar surface area (TPSA) is 33.7 Å². The van der Waals surface area contributed by atoms with Crippen LogP contribution in [-0.4, -0.2) is 45.5 Å². The number of alkyl halides is 3. The molecule has 2 aliphatic heterocycles. The molecule has 8 heteroatoms. The van der Waals surface area contributed by atoms with Gasteiger partial charge in [0, 0.05) is 24.7 Å². The van der Waals surface area contributed by atoms with E-state index in [1.165, 1.54) is 31.4 Å². The molecule has 4 rings (SSSR count). The lowest BCUT2D eigenvalue weighted by Crippen LogP contribution is -2.58. The van der Waals surface area contributed by atoms with E-state index in [0.717, 1.165) is 31.6 Å². The Morgan fingerprint density at radius 1 is 1.21 bits per heavy atom. The monoisotopic (exact) mass is 410 g/mol. The molecule has 0 bridgehead atoms. The van der Waals surface area contributed by atoms with Gasteiger partial charge in [0.1, 0.15) is 11.6 Å². The predicted octanol–water partition coefficient (Wildman–Crippen LogP) is 4.09. The molecule has 2 heterocycles. The van der Waals surface area contributed by atoms with Crippen molar-refractivity contribution in [2.75, 3.05) is 38.3 Å². The number of nitrogens with one attached hydrogen (secondary N) is 1. The van der Waals surface area contributed by atoms with Gasteiger partial charge in [-0.25, -0.2) is 4.39 Å². The molecule has 2 saturated heterocycles. The van der Waals surface area contributed by atoms with Crippen LogP contribution in [0.1, 0.15) is 12.0 Å². The molecule has 2 fully saturated rings. The summed E-state index contributed by atoms with van der Waals surface area (Å²) in [5.74, 6) is -0.157. The Labute approximate surface area is 166 Å². The number of anilines is 1. The van der Waals surface area contributed by atoms with E-state index in [-0.39, 0.29) is 23.3 Å². The number of morpholine rings is 1. The van der Waals surface area contributed by atoms with Crippen molar-refractivity contribution in [3.8, 4) is 16.9 Å². The SMILES string of the molecule is COc1cc(-c2cccc(C(F)(F)F)c2)c(F)cc1N1CCOC2CNCCC21. The van der Waals surface area contributed by atoms with E-state index < -0.39 is 17.6 Å². The molecule has 2 aromatic rings. The van der Waals surface area contributed by atoms with Gasteiger partial charge in [-0.05, 0) is 36.7 Å². The van der Waals surface area contributed by atoms with Gasteiger partial charge in [0.05, 0.1) is 37.1 Å². The van der Waals surface area contributed by atoms with Crippen LogP contribution in [0.2, 0.25) is 0 Å². The fraction of sp³-hybridized carbons (Fsp3) is 0.429. The lowest BCUT2D eigenvalue weighted by molar-refractivity contribution is -0.137. The first-order valence-electron chi connectivity index (χ1n) is 9.52. The van der Waals surface area contributed by atoms with Gasteiger partial charge in [-0.1, -0.05) is 12.1 Å². The summed E-state index contributed by atoms with van der Waals surface area (Å²) in [6.45, 7) is 2.69. The van der Waals surface area contributed by atoms with Crippen LogP contribution in [-0.2, 0) is 10.9 Å². The van der Waals surface area contributed by atoms with Crippen molar-refractivity contribution in [2.45, 2.75) is 24.7 Å². The molecule has 2 aliphatic rings. The highest BCUT2D eigenvalue weighted by atomic mass is 19.4. The number of hydrogen-bond acceptors (Lipinski definition) is 4. The maximum atomic E-state index is 15.1. The summed E-state index contributed by atoms with van der Waals surface area (Å²) in [6.07, 6.45) is -3.63. The minimum absolute atomic E-state index is 0.00779. The summed E-state index contributed by atoms with van der Waals surface area (Å²) >= 11 is 0. The maximum Gasteiger partial charge on any atom is 0.416 e. The van der Waals surface area contributed by atoms with Crippen LogP contribution in [0.3, 0.4) is 0 Å². The van der Waals surface area contributed by atoms with E-state index in [4.69, 9.17) is 9.47 Å². The number of piperidine rings is 1. The summed E-state index contributed by atoms with van der Waals surface area (Å²) in [7, 11) is 1.48. The van der Waals surface area contributed by atoms with Crippen molar-refractivity contribution in [1.82, 2.24) is 5.32 Å². The third-order valence-electron chi connectivity index (χ3n) is 5.53. The van der Waals surface area contributed by atoms with E-state index in [2.05, 4.69) is 10.2 Å². The second kappa shape index (κ2) is 7.84. The minimum atomic E-state index is -4.49. The summed E-state index contributed by atoms with van der Waals surface area (Å²) in [5, 5.41) is 3.30. The second-order valence-corrected chi connectivity index (χ2v) is 7.25. The molecule has 2 unspecified atom stereocenters. The summed E-state index contributed by atoms with van der Waals surface area (Å²) in [5.41, 5.74) is 0.0137. The van der Waals surface area contributed by atoms with Crippen molar-refractivity contribution in [1.29, 1.82) is 0 Å². The Morgan fingerprint density at radius 2 is 2.03 bits per heavy atom. The predicted molar refractivity (Wildman–Crippen MR) is 102 cm³/mol. The van der Waals surface area contributed by atoms with E-state index >= 15 is 4.39 Å². The average molecular weight is 410 g/mol. The van der Waals surface area contributed by atoms with Gasteiger partial charge in [0.2, 0.25) is 0 Å². The zero-order valence-corrected chi connectivity index (χ0v) is 15.9. The van der Waals surface area contributed by atoms with Crippen LogP contribution in [0.4, 0.5) is 23.2 Å². The highest BCUT2D eigenvalue weighted by Gasteiger charge is 2.36. The molecule has 4 nitrogen and oxygen atoms in total. The van der Waals surface area contributed by atoms with Gasteiger partial charge in [0.15, 0.2) is 0 Å². The summed E-state index contributed by atoms with van der Waals surface area (Å²) < 4.78 is 65.5. The number of methoxy groups -OCH3 is 1. The molecule has 29 heavy (non-hydrogen) atoms. The van der Waals surface area contributed by atoms with Gasteiger partial charge in [-0.3, -0.25) is 0 Å². The molecule has 0 aliphatic carbocycles. The van der Waals surface area contributed by atoms with Gasteiger partial charge >= 0.3 is 6.18 Å². The third-order valence-corrected chi connectivity index (χ3v) is 5.53. The van der Waals surface area contributed by atoms with Crippen molar-refractivity contribution >= 4 is 5.69 Å². The Bertz CT molecular complexity index is 885. The number of nitrogens with zero attached hydrogens (tertiary/aromatic N) is 1. The van der Waals surface area contributed by atoms with Gasteiger partial charge in [-0.15, -0.1) is 0 Å². The zero-order valence-electron chi connectivity index (χ0n) is 15.9. The fourth-order valence-electron chi connectivity index (χ4n) is 4.13. The summed E-state index contributed by atoms with van der Waals surface area (Å²) in [4.78, 5) is 2.09. The molecule has 0 aromatic heterocycles. The molecular weight excluding hydrogens is 388 g/mol. The number of rotatable bonds is 3. The number of fused-ring (bicyclic) bond motifs is 1. The van der Waals surface area contributed by atoms with Gasteiger partial charge < -0.3 is 19.7 Å². The highest BCUT2D eigenvalue weighted by Crippen LogP contribution is 2.40. The number of ether oxygens (including phenoxy) is 2. The number of hydrogen-bond donors (Lipinski definition) is 1. The lowest BCUT2D eigenvalue weighted by atomic mass is 9.97. The van der Waals surface area contributed by atoms with Gasteiger partial charge in [0.25, 0.3) is 0 Å². The largest absolute Gasteiger partial charge is 0.495 e. The fourth-order valence-corrected chi connectivity index (χ4v) is 4.13. The van der Waals surface area contributed by atoms with E-state index in [1.54, 1.807) is 0 Å². The first-order chi connectivity index (χ1) is 13.9. The van der Waals surface area contributed by atoms with Crippen LogP contribution in [0.25, 0.3) is 11.1 Å². The molecule has 0 amide bonds. The van der Waals surface area contributed by atoms with E-state index in [9.17, 15) is 13.2 Å². The normalized spacial score (nSPS) is 22.3. The average Bonchev–Trinajstić information content (AvgIpc) is 2.72. The molecule has 2 aromatic carbocycles. The molecule has 0 radical (unpaired) electrons. The van der Waals surface area contributed by atoms with Crippen LogP contribution in [0, 0.1) is 5.82 Å². The van der Waals surface area contributed by atoms with Crippen LogP contribution < -0.4 is 15.0 Å². The lowest BCUT2D eigenvalue weighted by Gasteiger charge is -2.45.